The van der Waals surface area contributed by atoms with Gasteiger partial charge in [0.05, 0.1) is 6.54 Å². The largest absolute Gasteiger partial charge is 0.480 e. The second-order valence-electron chi connectivity index (χ2n) is 3.86. The lowest BCUT2D eigenvalue weighted by molar-refractivity contribution is -0.138. The highest BCUT2D eigenvalue weighted by atomic mass is 35.5. The maximum atomic E-state index is 10.6. The Balaban J connectivity index is 2.37. The maximum Gasteiger partial charge on any atom is 0.317 e. The van der Waals surface area contributed by atoms with Gasteiger partial charge in [-0.2, -0.15) is 0 Å². The smallest absolute Gasteiger partial charge is 0.317 e. The third-order valence-corrected chi connectivity index (χ3v) is 3.14. The molecule has 0 spiro atoms. The Bertz CT molecular complexity index is 272. The van der Waals surface area contributed by atoms with Crippen LogP contribution >= 0.6 is 23.2 Å². The van der Waals surface area contributed by atoms with Crippen molar-refractivity contribution in [2.75, 3.05) is 39.3 Å². The summed E-state index contributed by atoms with van der Waals surface area (Å²) >= 11 is 11.4. The van der Waals surface area contributed by atoms with Crippen LogP contribution in [0.3, 0.4) is 0 Å². The van der Waals surface area contributed by atoms with E-state index in [1.54, 1.807) is 0 Å². The van der Waals surface area contributed by atoms with Gasteiger partial charge in [-0.05, 0) is 13.0 Å². The van der Waals surface area contributed by atoms with E-state index in [-0.39, 0.29) is 6.54 Å². The Hall–Kier alpha value is -0.290. The van der Waals surface area contributed by atoms with E-state index in [9.17, 15) is 4.79 Å². The van der Waals surface area contributed by atoms with Crippen molar-refractivity contribution < 1.29 is 9.90 Å². The van der Waals surface area contributed by atoms with Gasteiger partial charge in [0, 0.05) is 36.7 Å². The Morgan fingerprint density at radius 2 is 1.75 bits per heavy atom. The molecule has 0 aliphatic carbocycles. The predicted octanol–water partition coefficient (Wildman–Crippen LogP) is 1.40. The third-order valence-electron chi connectivity index (χ3n) is 2.53. The molecule has 1 heterocycles. The summed E-state index contributed by atoms with van der Waals surface area (Å²) in [6, 6.07) is 0. The van der Waals surface area contributed by atoms with E-state index < -0.39 is 5.97 Å². The van der Waals surface area contributed by atoms with Crippen LogP contribution in [0.2, 0.25) is 0 Å². The van der Waals surface area contributed by atoms with Crippen molar-refractivity contribution in [1.82, 2.24) is 9.80 Å². The van der Waals surface area contributed by atoms with Crippen LogP contribution in [0.1, 0.15) is 6.42 Å². The molecular weight excluding hydrogens is 251 g/mol. The zero-order valence-corrected chi connectivity index (χ0v) is 10.5. The standard InChI is InChI=1S/C10H16Cl2N2O2/c11-6-9(12)7-13-2-1-3-14(5-4-13)8-10(15)16/h6H,1-5,7-8H2,(H,15,16). The van der Waals surface area contributed by atoms with E-state index in [2.05, 4.69) is 4.90 Å². The zero-order valence-electron chi connectivity index (χ0n) is 9.03. The van der Waals surface area contributed by atoms with Crippen LogP contribution in [0.25, 0.3) is 0 Å². The Kier molecular flexibility index (Phi) is 6.13. The minimum atomic E-state index is -0.771. The number of aliphatic carboxylic acids is 1. The summed E-state index contributed by atoms with van der Waals surface area (Å²) < 4.78 is 0. The molecule has 0 aromatic rings. The van der Waals surface area contributed by atoms with Crippen LogP contribution in [0.4, 0.5) is 0 Å². The quantitative estimate of drug-likeness (QED) is 0.836. The number of nitrogens with zero attached hydrogens (tertiary/aromatic N) is 2. The second-order valence-corrected chi connectivity index (χ2v) is 4.56. The monoisotopic (exact) mass is 266 g/mol. The fourth-order valence-electron chi connectivity index (χ4n) is 1.78. The van der Waals surface area contributed by atoms with E-state index in [1.165, 1.54) is 5.54 Å². The van der Waals surface area contributed by atoms with Crippen molar-refractivity contribution in [3.05, 3.63) is 10.6 Å². The zero-order chi connectivity index (χ0) is 12.0. The van der Waals surface area contributed by atoms with Crippen LogP contribution < -0.4 is 0 Å². The molecule has 1 N–H and O–H groups in total. The molecule has 0 bridgehead atoms. The van der Waals surface area contributed by atoms with Crippen LogP contribution in [-0.2, 0) is 4.79 Å². The van der Waals surface area contributed by atoms with Crippen LogP contribution in [0, 0.1) is 0 Å². The molecule has 1 rings (SSSR count). The van der Waals surface area contributed by atoms with Gasteiger partial charge < -0.3 is 5.11 Å². The van der Waals surface area contributed by atoms with E-state index in [0.29, 0.717) is 11.6 Å². The van der Waals surface area contributed by atoms with Crippen LogP contribution in [0.15, 0.2) is 10.6 Å². The minimum absolute atomic E-state index is 0.118. The highest BCUT2D eigenvalue weighted by molar-refractivity contribution is 6.36. The summed E-state index contributed by atoms with van der Waals surface area (Å²) in [5.41, 5.74) is 1.38. The average molecular weight is 267 g/mol. The molecule has 16 heavy (non-hydrogen) atoms. The first-order chi connectivity index (χ1) is 7.61. The predicted molar refractivity (Wildman–Crippen MR) is 64.9 cm³/mol. The SMILES string of the molecule is O=C(O)CN1CCCN(CC(Cl)=CCl)CC1. The lowest BCUT2D eigenvalue weighted by atomic mass is 10.4. The van der Waals surface area contributed by atoms with Crippen molar-refractivity contribution in [1.29, 1.82) is 0 Å². The van der Waals surface area contributed by atoms with E-state index >= 15 is 0 Å². The maximum absolute atomic E-state index is 10.6. The first kappa shape index (κ1) is 13.8. The van der Waals surface area contributed by atoms with Gasteiger partial charge in [-0.25, -0.2) is 0 Å². The normalized spacial score (nSPS) is 20.8. The molecule has 1 saturated heterocycles. The molecule has 1 fully saturated rings. The van der Waals surface area contributed by atoms with Gasteiger partial charge in [0.1, 0.15) is 0 Å². The number of carbonyl (C=O) groups is 1. The van der Waals surface area contributed by atoms with Crippen LogP contribution in [0.5, 0.6) is 0 Å². The summed E-state index contributed by atoms with van der Waals surface area (Å²) in [5.74, 6) is -0.771. The lowest BCUT2D eigenvalue weighted by Crippen LogP contribution is -2.34. The number of rotatable bonds is 4. The highest BCUT2D eigenvalue weighted by Crippen LogP contribution is 2.09. The van der Waals surface area contributed by atoms with Gasteiger partial charge in [0.2, 0.25) is 0 Å². The average Bonchev–Trinajstić information content (AvgIpc) is 2.43. The molecule has 92 valence electrons. The van der Waals surface area contributed by atoms with E-state index in [1.807, 2.05) is 4.90 Å². The molecule has 0 amide bonds. The van der Waals surface area contributed by atoms with E-state index in [0.717, 1.165) is 32.6 Å². The number of carboxylic acid groups (broad SMARTS) is 1. The van der Waals surface area contributed by atoms with Gasteiger partial charge in [0.25, 0.3) is 0 Å². The Morgan fingerprint density at radius 1 is 1.19 bits per heavy atom. The Morgan fingerprint density at radius 3 is 2.25 bits per heavy atom. The summed E-state index contributed by atoms with van der Waals surface area (Å²) in [6.07, 6.45) is 0.958. The first-order valence-corrected chi connectivity index (χ1v) is 6.04. The third kappa shape index (κ3) is 5.16. The summed E-state index contributed by atoms with van der Waals surface area (Å²) in [7, 11) is 0. The fraction of sp³-hybridized carbons (Fsp3) is 0.700. The number of halogens is 2. The van der Waals surface area contributed by atoms with Crippen molar-refractivity contribution in [2.45, 2.75) is 6.42 Å². The number of hydrogen-bond acceptors (Lipinski definition) is 3. The van der Waals surface area contributed by atoms with Crippen molar-refractivity contribution >= 4 is 29.2 Å². The lowest BCUT2D eigenvalue weighted by Gasteiger charge is -2.20. The molecule has 4 nitrogen and oxygen atoms in total. The van der Waals surface area contributed by atoms with Crippen molar-refractivity contribution in [3.8, 4) is 0 Å². The summed E-state index contributed by atoms with van der Waals surface area (Å²) in [5, 5.41) is 9.32. The molecule has 6 heteroatoms. The number of carboxylic acids is 1. The Labute approximate surface area is 105 Å². The van der Waals surface area contributed by atoms with Gasteiger partial charge in [0.15, 0.2) is 0 Å². The molecule has 1 aliphatic heterocycles. The van der Waals surface area contributed by atoms with Crippen molar-refractivity contribution in [3.63, 3.8) is 0 Å². The number of hydrogen-bond donors (Lipinski definition) is 1. The highest BCUT2D eigenvalue weighted by Gasteiger charge is 2.16. The topological polar surface area (TPSA) is 43.8 Å². The fourth-order valence-corrected chi connectivity index (χ4v) is 2.02. The summed E-state index contributed by atoms with van der Waals surface area (Å²) in [4.78, 5) is 14.7. The first-order valence-electron chi connectivity index (χ1n) is 5.23. The molecule has 1 aliphatic rings. The molecule has 0 aromatic heterocycles. The summed E-state index contributed by atoms with van der Waals surface area (Å²) in [6.45, 7) is 4.11. The minimum Gasteiger partial charge on any atom is -0.480 e. The van der Waals surface area contributed by atoms with Gasteiger partial charge in [-0.1, -0.05) is 23.2 Å². The second kappa shape index (κ2) is 7.12. The van der Waals surface area contributed by atoms with Gasteiger partial charge in [-0.15, -0.1) is 0 Å². The van der Waals surface area contributed by atoms with Crippen molar-refractivity contribution in [2.24, 2.45) is 0 Å². The van der Waals surface area contributed by atoms with Crippen LogP contribution in [-0.4, -0.2) is 60.1 Å². The van der Waals surface area contributed by atoms with E-state index in [4.69, 9.17) is 28.3 Å². The molecule has 0 radical (unpaired) electrons. The molecule has 0 unspecified atom stereocenters. The molecule has 0 saturated carbocycles. The molecular formula is C10H16Cl2N2O2. The molecule has 0 aromatic carbocycles. The van der Waals surface area contributed by atoms with Gasteiger partial charge >= 0.3 is 5.97 Å². The van der Waals surface area contributed by atoms with Gasteiger partial charge in [-0.3, -0.25) is 14.6 Å². The molecule has 0 atom stereocenters.